The van der Waals surface area contributed by atoms with Crippen LogP contribution >= 0.6 is 0 Å². The van der Waals surface area contributed by atoms with Gasteiger partial charge in [-0.05, 0) is 40.3 Å². The van der Waals surface area contributed by atoms with E-state index in [0.29, 0.717) is 16.9 Å². The third kappa shape index (κ3) is 3.51. The Morgan fingerprint density at radius 3 is 2.74 bits per heavy atom. The second-order valence-corrected chi connectivity index (χ2v) is 4.81. The van der Waals surface area contributed by atoms with Gasteiger partial charge in [-0.2, -0.15) is 5.26 Å². The number of aliphatic hydroxyl groups excluding tert-OH is 1. The lowest BCUT2D eigenvalue weighted by molar-refractivity contribution is 0.108. The van der Waals surface area contributed by atoms with Crippen molar-refractivity contribution >= 4 is 0 Å². The van der Waals surface area contributed by atoms with E-state index in [2.05, 4.69) is 15.5 Å². The summed E-state index contributed by atoms with van der Waals surface area (Å²) in [4.78, 5) is 0. The average molecular weight is 307 g/mol. The molecule has 0 saturated heterocycles. The lowest BCUT2D eigenvalue weighted by atomic mass is 10.1. The lowest BCUT2D eigenvalue weighted by Crippen LogP contribution is -2.10. The van der Waals surface area contributed by atoms with Gasteiger partial charge in [0.2, 0.25) is 0 Å². The predicted molar refractivity (Wildman–Crippen MR) is 80.8 cm³/mol. The van der Waals surface area contributed by atoms with Crippen LogP contribution in [-0.2, 0) is 0 Å². The molecule has 7 heteroatoms. The highest BCUT2D eigenvalue weighted by atomic mass is 16.5. The van der Waals surface area contributed by atoms with Crippen LogP contribution in [0.2, 0.25) is 0 Å². The standard InChI is InChI=1S/C16H13N5O2/c17-9-12-4-6-13(7-5-12)16(22)10-23-15-3-1-2-14(8-15)21-11-18-19-20-21/h1-8,11,16,22H,10H2. The van der Waals surface area contributed by atoms with E-state index >= 15 is 0 Å². The highest BCUT2D eigenvalue weighted by Gasteiger charge is 2.09. The summed E-state index contributed by atoms with van der Waals surface area (Å²) in [6.07, 6.45) is 0.712. The smallest absolute Gasteiger partial charge is 0.143 e. The highest BCUT2D eigenvalue weighted by Crippen LogP contribution is 2.19. The number of tetrazole rings is 1. The van der Waals surface area contributed by atoms with Gasteiger partial charge in [0, 0.05) is 6.07 Å². The summed E-state index contributed by atoms with van der Waals surface area (Å²) < 4.78 is 7.14. The molecule has 0 spiro atoms. The number of aliphatic hydroxyl groups is 1. The van der Waals surface area contributed by atoms with E-state index in [9.17, 15) is 5.11 Å². The average Bonchev–Trinajstić information content (AvgIpc) is 3.15. The summed E-state index contributed by atoms with van der Waals surface area (Å²) in [5.41, 5.74) is 2.01. The van der Waals surface area contributed by atoms with Gasteiger partial charge in [-0.15, -0.1) is 5.10 Å². The molecule has 0 amide bonds. The molecule has 1 heterocycles. The van der Waals surface area contributed by atoms with E-state index in [0.717, 1.165) is 5.69 Å². The maximum Gasteiger partial charge on any atom is 0.143 e. The van der Waals surface area contributed by atoms with Crippen LogP contribution in [0.4, 0.5) is 0 Å². The Bertz CT molecular complexity index is 809. The summed E-state index contributed by atoms with van der Waals surface area (Å²) in [5.74, 6) is 0.602. The second-order valence-electron chi connectivity index (χ2n) is 4.81. The van der Waals surface area contributed by atoms with Gasteiger partial charge >= 0.3 is 0 Å². The minimum atomic E-state index is -0.778. The fourth-order valence-electron chi connectivity index (χ4n) is 2.05. The molecule has 1 atom stereocenters. The van der Waals surface area contributed by atoms with Gasteiger partial charge in [-0.1, -0.05) is 18.2 Å². The topological polar surface area (TPSA) is 96.8 Å². The molecule has 0 fully saturated rings. The van der Waals surface area contributed by atoms with E-state index in [1.807, 2.05) is 18.2 Å². The Morgan fingerprint density at radius 2 is 2.04 bits per heavy atom. The van der Waals surface area contributed by atoms with Crippen molar-refractivity contribution in [2.45, 2.75) is 6.10 Å². The molecule has 0 aliphatic heterocycles. The van der Waals surface area contributed by atoms with Crippen molar-refractivity contribution in [2.24, 2.45) is 0 Å². The molecule has 1 unspecified atom stereocenters. The monoisotopic (exact) mass is 307 g/mol. The van der Waals surface area contributed by atoms with Crippen LogP contribution in [0.15, 0.2) is 54.9 Å². The fraction of sp³-hybridized carbons (Fsp3) is 0.125. The van der Waals surface area contributed by atoms with Gasteiger partial charge in [0.15, 0.2) is 0 Å². The number of rotatable bonds is 5. The second kappa shape index (κ2) is 6.68. The number of hydrogen-bond donors (Lipinski definition) is 1. The summed E-state index contributed by atoms with van der Waals surface area (Å²) >= 11 is 0. The van der Waals surface area contributed by atoms with Gasteiger partial charge in [-0.25, -0.2) is 4.68 Å². The van der Waals surface area contributed by atoms with Crippen molar-refractivity contribution in [3.05, 3.63) is 66.0 Å². The van der Waals surface area contributed by atoms with Crippen molar-refractivity contribution in [2.75, 3.05) is 6.61 Å². The fourth-order valence-corrected chi connectivity index (χ4v) is 2.05. The maximum atomic E-state index is 10.2. The molecule has 1 N–H and O–H groups in total. The minimum Gasteiger partial charge on any atom is -0.490 e. The van der Waals surface area contributed by atoms with E-state index in [1.165, 1.54) is 11.0 Å². The summed E-state index contributed by atoms with van der Waals surface area (Å²) in [5, 5.41) is 29.9. The van der Waals surface area contributed by atoms with Crippen molar-refractivity contribution < 1.29 is 9.84 Å². The van der Waals surface area contributed by atoms with Crippen molar-refractivity contribution in [3.63, 3.8) is 0 Å². The van der Waals surface area contributed by atoms with Gasteiger partial charge in [0.1, 0.15) is 24.8 Å². The molecule has 0 radical (unpaired) electrons. The van der Waals surface area contributed by atoms with E-state index < -0.39 is 6.10 Å². The van der Waals surface area contributed by atoms with Crippen LogP contribution in [0, 0.1) is 11.3 Å². The van der Waals surface area contributed by atoms with E-state index in [-0.39, 0.29) is 6.61 Å². The Hall–Kier alpha value is -3.24. The quantitative estimate of drug-likeness (QED) is 0.769. The number of benzene rings is 2. The van der Waals surface area contributed by atoms with Gasteiger partial charge < -0.3 is 9.84 Å². The molecule has 1 aromatic heterocycles. The zero-order valence-corrected chi connectivity index (χ0v) is 12.1. The molecule has 7 nitrogen and oxygen atoms in total. The van der Waals surface area contributed by atoms with E-state index in [1.54, 1.807) is 36.4 Å². The Balaban J connectivity index is 1.66. The molecule has 0 aliphatic carbocycles. The van der Waals surface area contributed by atoms with Crippen molar-refractivity contribution in [3.8, 4) is 17.5 Å². The molecule has 3 aromatic rings. The number of hydrogen-bond acceptors (Lipinski definition) is 6. The molecule has 0 bridgehead atoms. The van der Waals surface area contributed by atoms with Crippen LogP contribution in [-0.4, -0.2) is 31.9 Å². The first kappa shape index (κ1) is 14.7. The van der Waals surface area contributed by atoms with Crippen LogP contribution in [0.25, 0.3) is 5.69 Å². The SMILES string of the molecule is N#Cc1ccc(C(O)COc2cccc(-n3cnnn3)c2)cc1. The Kier molecular flexibility index (Phi) is 4.27. The predicted octanol–water partition coefficient (Wildman–Crippen LogP) is 1.65. The Morgan fingerprint density at radius 1 is 1.22 bits per heavy atom. The van der Waals surface area contributed by atoms with E-state index in [4.69, 9.17) is 10.00 Å². The molecular formula is C16H13N5O2. The van der Waals surface area contributed by atoms with Gasteiger partial charge in [0.05, 0.1) is 17.3 Å². The van der Waals surface area contributed by atoms with Gasteiger partial charge in [-0.3, -0.25) is 0 Å². The molecule has 114 valence electrons. The number of nitrogens with zero attached hydrogens (tertiary/aromatic N) is 5. The van der Waals surface area contributed by atoms with Gasteiger partial charge in [0.25, 0.3) is 0 Å². The number of aromatic nitrogens is 4. The lowest BCUT2D eigenvalue weighted by Gasteiger charge is -2.13. The molecule has 0 aliphatic rings. The van der Waals surface area contributed by atoms with Crippen LogP contribution in [0.5, 0.6) is 5.75 Å². The number of ether oxygens (including phenoxy) is 1. The molecule has 23 heavy (non-hydrogen) atoms. The van der Waals surface area contributed by atoms with Crippen LogP contribution < -0.4 is 4.74 Å². The number of nitriles is 1. The summed E-state index contributed by atoms with van der Waals surface area (Å²) in [6.45, 7) is 0.102. The molecule has 2 aromatic carbocycles. The molecule has 3 rings (SSSR count). The van der Waals surface area contributed by atoms with Crippen molar-refractivity contribution in [1.29, 1.82) is 5.26 Å². The third-order valence-electron chi connectivity index (χ3n) is 3.26. The molecule has 0 saturated carbocycles. The highest BCUT2D eigenvalue weighted by molar-refractivity contribution is 5.38. The minimum absolute atomic E-state index is 0.102. The first-order valence-electron chi connectivity index (χ1n) is 6.90. The third-order valence-corrected chi connectivity index (χ3v) is 3.26. The summed E-state index contributed by atoms with van der Waals surface area (Å²) in [7, 11) is 0. The van der Waals surface area contributed by atoms with Crippen LogP contribution in [0.1, 0.15) is 17.2 Å². The maximum absolute atomic E-state index is 10.2. The first-order chi connectivity index (χ1) is 11.3. The zero-order chi connectivity index (χ0) is 16.1. The summed E-state index contributed by atoms with van der Waals surface area (Å²) in [6, 6.07) is 16.0. The van der Waals surface area contributed by atoms with Crippen molar-refractivity contribution in [1.82, 2.24) is 20.2 Å². The Labute approximate surface area is 132 Å². The van der Waals surface area contributed by atoms with Crippen LogP contribution in [0.3, 0.4) is 0 Å². The zero-order valence-electron chi connectivity index (χ0n) is 12.1. The first-order valence-corrected chi connectivity index (χ1v) is 6.90. The normalized spacial score (nSPS) is 11.7. The molecular weight excluding hydrogens is 294 g/mol. The largest absolute Gasteiger partial charge is 0.490 e.